The van der Waals surface area contributed by atoms with Gasteiger partial charge in [-0.1, -0.05) is 0 Å². The molecule has 1 aromatic rings. The third-order valence-corrected chi connectivity index (χ3v) is 4.87. The standard InChI is InChI=1S/C16H24N4O2/c1-13(21)18-7-2-4-14(10-18)16(22)19-8-3-5-15(11-19)20-9-6-17-12-20/h6,9,12,14-15H,2-5,7-8,10-11H2,1H3. The minimum absolute atomic E-state index is 0.0285. The van der Waals surface area contributed by atoms with Crippen molar-refractivity contribution in [3.8, 4) is 0 Å². The van der Waals surface area contributed by atoms with Gasteiger partial charge < -0.3 is 14.4 Å². The lowest BCUT2D eigenvalue weighted by molar-refractivity contribution is -0.141. The van der Waals surface area contributed by atoms with Crippen LogP contribution in [0.2, 0.25) is 0 Å². The molecular formula is C16H24N4O2. The number of carbonyl (C=O) groups excluding carboxylic acids is 2. The van der Waals surface area contributed by atoms with Crippen molar-refractivity contribution in [2.24, 2.45) is 5.92 Å². The molecule has 2 atom stereocenters. The molecule has 2 aliphatic heterocycles. The largest absolute Gasteiger partial charge is 0.342 e. The molecule has 2 fully saturated rings. The highest BCUT2D eigenvalue weighted by Crippen LogP contribution is 2.25. The van der Waals surface area contributed by atoms with Crippen molar-refractivity contribution in [2.45, 2.75) is 38.6 Å². The minimum Gasteiger partial charge on any atom is -0.342 e. The van der Waals surface area contributed by atoms with Crippen LogP contribution in [0.5, 0.6) is 0 Å². The van der Waals surface area contributed by atoms with Gasteiger partial charge in [0.15, 0.2) is 0 Å². The van der Waals surface area contributed by atoms with Gasteiger partial charge in [-0.25, -0.2) is 4.98 Å². The number of carbonyl (C=O) groups is 2. The molecule has 2 amide bonds. The Labute approximate surface area is 131 Å². The predicted molar refractivity (Wildman–Crippen MR) is 82.1 cm³/mol. The molecule has 2 aliphatic rings. The summed E-state index contributed by atoms with van der Waals surface area (Å²) in [6, 6.07) is 0.327. The second kappa shape index (κ2) is 6.50. The number of likely N-dealkylation sites (tertiary alicyclic amines) is 2. The van der Waals surface area contributed by atoms with Gasteiger partial charge in [-0.15, -0.1) is 0 Å². The first-order chi connectivity index (χ1) is 10.6. The molecule has 1 aromatic heterocycles. The first-order valence-corrected chi connectivity index (χ1v) is 8.17. The zero-order valence-electron chi connectivity index (χ0n) is 13.1. The fraction of sp³-hybridized carbons (Fsp3) is 0.688. The maximum atomic E-state index is 12.8. The predicted octanol–water partition coefficient (Wildman–Crippen LogP) is 1.31. The van der Waals surface area contributed by atoms with Crippen molar-refractivity contribution in [3.63, 3.8) is 0 Å². The van der Waals surface area contributed by atoms with Crippen molar-refractivity contribution in [2.75, 3.05) is 26.2 Å². The fourth-order valence-corrected chi connectivity index (χ4v) is 3.61. The van der Waals surface area contributed by atoms with E-state index in [4.69, 9.17) is 0 Å². The Balaban J connectivity index is 1.63. The van der Waals surface area contributed by atoms with Crippen LogP contribution in [0.1, 0.15) is 38.6 Å². The molecule has 0 radical (unpaired) electrons. The summed E-state index contributed by atoms with van der Waals surface area (Å²) < 4.78 is 2.10. The van der Waals surface area contributed by atoms with Crippen LogP contribution in [0.4, 0.5) is 0 Å². The van der Waals surface area contributed by atoms with Crippen LogP contribution in [0.25, 0.3) is 0 Å². The third kappa shape index (κ3) is 3.15. The quantitative estimate of drug-likeness (QED) is 0.827. The number of rotatable bonds is 2. The molecule has 0 aromatic carbocycles. The van der Waals surface area contributed by atoms with Gasteiger partial charge in [0, 0.05) is 45.5 Å². The van der Waals surface area contributed by atoms with Gasteiger partial charge in [0.25, 0.3) is 0 Å². The second-order valence-electron chi connectivity index (χ2n) is 6.39. The molecule has 0 aliphatic carbocycles. The first kappa shape index (κ1) is 15.1. The normalized spacial score (nSPS) is 26.0. The lowest BCUT2D eigenvalue weighted by Crippen LogP contribution is -2.48. The van der Waals surface area contributed by atoms with Gasteiger partial charge in [-0.05, 0) is 25.7 Å². The van der Waals surface area contributed by atoms with E-state index in [1.165, 1.54) is 0 Å². The molecule has 2 saturated heterocycles. The Kier molecular flexibility index (Phi) is 4.45. The van der Waals surface area contributed by atoms with Crippen molar-refractivity contribution in [1.82, 2.24) is 19.4 Å². The van der Waals surface area contributed by atoms with E-state index < -0.39 is 0 Å². The van der Waals surface area contributed by atoms with E-state index in [0.717, 1.165) is 45.3 Å². The molecule has 0 N–H and O–H groups in total. The number of piperidine rings is 2. The highest BCUT2D eigenvalue weighted by atomic mass is 16.2. The minimum atomic E-state index is -0.0285. The molecule has 120 valence electrons. The molecule has 22 heavy (non-hydrogen) atoms. The van der Waals surface area contributed by atoms with Gasteiger partial charge in [0.05, 0.1) is 18.3 Å². The zero-order chi connectivity index (χ0) is 15.5. The van der Waals surface area contributed by atoms with Crippen LogP contribution in [0.3, 0.4) is 0 Å². The second-order valence-corrected chi connectivity index (χ2v) is 6.39. The van der Waals surface area contributed by atoms with Crippen molar-refractivity contribution in [3.05, 3.63) is 18.7 Å². The fourth-order valence-electron chi connectivity index (χ4n) is 3.61. The first-order valence-electron chi connectivity index (χ1n) is 8.17. The Morgan fingerprint density at radius 2 is 1.86 bits per heavy atom. The number of imidazole rings is 1. The molecule has 0 saturated carbocycles. The summed E-state index contributed by atoms with van der Waals surface area (Å²) in [4.78, 5) is 32.2. The van der Waals surface area contributed by atoms with Crippen LogP contribution < -0.4 is 0 Å². The Bertz CT molecular complexity index is 528. The van der Waals surface area contributed by atoms with Gasteiger partial charge in [0.2, 0.25) is 11.8 Å². The summed E-state index contributed by atoms with van der Waals surface area (Å²) in [7, 11) is 0. The Morgan fingerprint density at radius 1 is 1.09 bits per heavy atom. The summed E-state index contributed by atoms with van der Waals surface area (Å²) in [5, 5.41) is 0. The van der Waals surface area contributed by atoms with Crippen molar-refractivity contribution >= 4 is 11.8 Å². The average molecular weight is 304 g/mol. The van der Waals surface area contributed by atoms with E-state index in [1.807, 2.05) is 22.3 Å². The molecule has 6 nitrogen and oxygen atoms in total. The van der Waals surface area contributed by atoms with Gasteiger partial charge in [0.1, 0.15) is 0 Å². The Hall–Kier alpha value is -1.85. The van der Waals surface area contributed by atoms with Crippen molar-refractivity contribution in [1.29, 1.82) is 0 Å². The highest BCUT2D eigenvalue weighted by molar-refractivity contribution is 5.81. The van der Waals surface area contributed by atoms with Crippen LogP contribution in [-0.4, -0.2) is 57.3 Å². The van der Waals surface area contributed by atoms with Gasteiger partial charge in [-0.3, -0.25) is 9.59 Å². The van der Waals surface area contributed by atoms with Crippen LogP contribution in [0, 0.1) is 5.92 Å². The molecule has 3 heterocycles. The zero-order valence-corrected chi connectivity index (χ0v) is 13.1. The average Bonchev–Trinajstić information content (AvgIpc) is 3.09. The topological polar surface area (TPSA) is 58.4 Å². The maximum absolute atomic E-state index is 12.8. The monoisotopic (exact) mass is 304 g/mol. The number of aromatic nitrogens is 2. The molecular weight excluding hydrogens is 280 g/mol. The molecule has 2 unspecified atom stereocenters. The molecule has 0 spiro atoms. The molecule has 0 bridgehead atoms. The van der Waals surface area contributed by atoms with Crippen LogP contribution >= 0.6 is 0 Å². The smallest absolute Gasteiger partial charge is 0.227 e. The summed E-state index contributed by atoms with van der Waals surface area (Å²) in [6.07, 6.45) is 9.52. The van der Waals surface area contributed by atoms with E-state index in [2.05, 4.69) is 9.55 Å². The number of hydrogen-bond donors (Lipinski definition) is 0. The van der Waals surface area contributed by atoms with Gasteiger partial charge in [-0.2, -0.15) is 0 Å². The lowest BCUT2D eigenvalue weighted by Gasteiger charge is -2.38. The molecule has 6 heteroatoms. The van der Waals surface area contributed by atoms with E-state index in [9.17, 15) is 9.59 Å². The van der Waals surface area contributed by atoms with Crippen LogP contribution in [-0.2, 0) is 9.59 Å². The summed E-state index contributed by atoms with van der Waals surface area (Å²) in [6.45, 7) is 4.55. The summed E-state index contributed by atoms with van der Waals surface area (Å²) in [5.74, 6) is 0.266. The maximum Gasteiger partial charge on any atom is 0.227 e. The number of nitrogens with zero attached hydrogens (tertiary/aromatic N) is 4. The van der Waals surface area contributed by atoms with E-state index in [1.54, 1.807) is 13.1 Å². The van der Waals surface area contributed by atoms with Gasteiger partial charge >= 0.3 is 0 Å². The lowest BCUT2D eigenvalue weighted by atomic mass is 9.95. The highest BCUT2D eigenvalue weighted by Gasteiger charge is 2.32. The summed E-state index contributed by atoms with van der Waals surface area (Å²) in [5.41, 5.74) is 0. The van der Waals surface area contributed by atoms with E-state index >= 15 is 0 Å². The Morgan fingerprint density at radius 3 is 2.59 bits per heavy atom. The SMILES string of the molecule is CC(=O)N1CCCC(C(=O)N2CCCC(n3ccnc3)C2)C1. The summed E-state index contributed by atoms with van der Waals surface area (Å²) >= 11 is 0. The molecule has 3 rings (SSSR count). The van der Waals surface area contributed by atoms with Crippen molar-refractivity contribution < 1.29 is 9.59 Å². The van der Waals surface area contributed by atoms with Crippen LogP contribution in [0.15, 0.2) is 18.7 Å². The number of amides is 2. The number of hydrogen-bond acceptors (Lipinski definition) is 3. The van der Waals surface area contributed by atoms with E-state index in [-0.39, 0.29) is 17.7 Å². The van der Waals surface area contributed by atoms with E-state index in [0.29, 0.717) is 12.6 Å². The third-order valence-electron chi connectivity index (χ3n) is 4.87.